The van der Waals surface area contributed by atoms with Gasteiger partial charge in [-0.25, -0.2) is 10.1 Å². The average molecular weight is 243 g/mol. The first kappa shape index (κ1) is 10.9. The van der Waals surface area contributed by atoms with Crippen molar-refractivity contribution in [2.75, 3.05) is 5.43 Å². The molecule has 0 radical (unpaired) electrons. The Morgan fingerprint density at radius 1 is 1.28 bits per heavy atom. The van der Waals surface area contributed by atoms with Gasteiger partial charge >= 0.3 is 0 Å². The molecule has 2 aromatic rings. The molecule has 0 bridgehead atoms. The molecule has 3 rings (SSSR count). The van der Waals surface area contributed by atoms with E-state index in [0.29, 0.717) is 11.6 Å². The van der Waals surface area contributed by atoms with E-state index in [1.165, 1.54) is 0 Å². The summed E-state index contributed by atoms with van der Waals surface area (Å²) in [6.45, 7) is 3.64. The van der Waals surface area contributed by atoms with Crippen LogP contribution < -0.4 is 16.4 Å². The fraction of sp³-hybridized carbons (Fsp3) is 0.250. The molecule has 0 amide bonds. The Balaban J connectivity index is 2.20. The van der Waals surface area contributed by atoms with Gasteiger partial charge in [0.2, 0.25) is 5.95 Å². The predicted molar refractivity (Wildman–Crippen MR) is 67.0 cm³/mol. The Bertz CT molecular complexity index is 651. The highest BCUT2D eigenvalue weighted by Gasteiger charge is 2.37. The summed E-state index contributed by atoms with van der Waals surface area (Å²) in [6.07, 6.45) is 0. The number of nitrogens with one attached hydrogen (secondary N) is 2. The molecule has 0 saturated heterocycles. The predicted octanol–water partition coefficient (Wildman–Crippen LogP) is 0.598. The van der Waals surface area contributed by atoms with Gasteiger partial charge in [0.25, 0.3) is 5.56 Å². The largest absolute Gasteiger partial charge is 0.296 e. The van der Waals surface area contributed by atoms with Gasteiger partial charge in [0.15, 0.2) is 5.66 Å². The number of benzene rings is 1. The molecule has 1 aliphatic rings. The zero-order valence-electron chi connectivity index (χ0n) is 10.1. The number of hydrazine groups is 1. The summed E-state index contributed by atoms with van der Waals surface area (Å²) in [5, 5.41) is 4.30. The van der Waals surface area contributed by atoms with Crippen LogP contribution in [-0.2, 0) is 5.66 Å². The topological polar surface area (TPSA) is 71.8 Å². The number of aryl methyl sites for hydroxylation is 1. The van der Waals surface area contributed by atoms with Crippen molar-refractivity contribution in [1.29, 1.82) is 0 Å². The zero-order chi connectivity index (χ0) is 12.8. The highest BCUT2D eigenvalue weighted by Crippen LogP contribution is 2.28. The number of hydrogen-bond acceptors (Lipinski definition) is 5. The van der Waals surface area contributed by atoms with Gasteiger partial charge in [-0.15, -0.1) is 0 Å². The first-order valence-corrected chi connectivity index (χ1v) is 5.68. The van der Waals surface area contributed by atoms with E-state index >= 15 is 0 Å². The van der Waals surface area contributed by atoms with Gasteiger partial charge in [-0.3, -0.25) is 10.2 Å². The molecule has 6 heteroatoms. The minimum absolute atomic E-state index is 0.312. The van der Waals surface area contributed by atoms with Gasteiger partial charge in [-0.1, -0.05) is 30.3 Å². The molecule has 2 heterocycles. The number of hydrogen-bond donors (Lipinski definition) is 2. The van der Waals surface area contributed by atoms with Gasteiger partial charge < -0.3 is 0 Å². The molecule has 1 aromatic carbocycles. The summed E-state index contributed by atoms with van der Waals surface area (Å²) in [5.41, 5.74) is 6.57. The van der Waals surface area contributed by atoms with Crippen molar-refractivity contribution in [2.45, 2.75) is 19.5 Å². The third-order valence-corrected chi connectivity index (χ3v) is 3.14. The molecular weight excluding hydrogens is 230 g/mol. The van der Waals surface area contributed by atoms with Gasteiger partial charge in [0, 0.05) is 0 Å². The fourth-order valence-electron chi connectivity index (χ4n) is 2.04. The van der Waals surface area contributed by atoms with E-state index in [9.17, 15) is 4.79 Å². The molecule has 0 unspecified atom stereocenters. The standard InChI is InChI=1S/C12H13N5O/c1-8-10(18)13-11-14-16-12(2,17(11)15-8)9-6-4-3-5-7-9/h3-7,16H,1-2H3,(H,13,14,18)/t12-/m0/s1. The van der Waals surface area contributed by atoms with Crippen LogP contribution in [0.3, 0.4) is 0 Å². The lowest BCUT2D eigenvalue weighted by atomic mass is 10.0. The van der Waals surface area contributed by atoms with E-state index in [1.54, 1.807) is 11.6 Å². The van der Waals surface area contributed by atoms with Crippen molar-refractivity contribution in [3.05, 3.63) is 51.9 Å². The quantitative estimate of drug-likeness (QED) is 0.767. The lowest BCUT2D eigenvalue weighted by Gasteiger charge is -2.25. The van der Waals surface area contributed by atoms with E-state index in [0.717, 1.165) is 5.56 Å². The molecule has 1 aliphatic heterocycles. The Hall–Kier alpha value is -2.21. The van der Waals surface area contributed by atoms with Crippen molar-refractivity contribution in [1.82, 2.24) is 20.2 Å². The molecule has 6 nitrogen and oxygen atoms in total. The zero-order valence-corrected chi connectivity index (χ0v) is 10.1. The summed E-state index contributed by atoms with van der Waals surface area (Å²) >= 11 is 0. The van der Waals surface area contributed by atoms with Crippen molar-refractivity contribution >= 4 is 5.95 Å². The molecule has 1 atom stereocenters. The normalized spacial score (nSPS) is 21.4. The number of anilines is 1. The van der Waals surface area contributed by atoms with Gasteiger partial charge in [-0.2, -0.15) is 10.1 Å². The fourth-order valence-corrected chi connectivity index (χ4v) is 2.04. The lowest BCUT2D eigenvalue weighted by molar-refractivity contribution is 0.332. The number of nitrogens with zero attached hydrogens (tertiary/aromatic N) is 3. The van der Waals surface area contributed by atoms with Crippen LogP contribution in [0.25, 0.3) is 0 Å². The molecular formula is C12H13N5O. The smallest absolute Gasteiger partial charge is 0.287 e. The van der Waals surface area contributed by atoms with Gasteiger partial charge in [0.1, 0.15) is 5.69 Å². The maximum Gasteiger partial charge on any atom is 0.296 e. The van der Waals surface area contributed by atoms with Crippen LogP contribution in [0.2, 0.25) is 0 Å². The van der Waals surface area contributed by atoms with Crippen LogP contribution in [0.5, 0.6) is 0 Å². The highest BCUT2D eigenvalue weighted by atomic mass is 16.1. The monoisotopic (exact) mass is 243 g/mol. The van der Waals surface area contributed by atoms with E-state index < -0.39 is 5.66 Å². The van der Waals surface area contributed by atoms with Crippen LogP contribution in [0.15, 0.2) is 35.1 Å². The van der Waals surface area contributed by atoms with Crippen LogP contribution in [0, 0.1) is 6.92 Å². The van der Waals surface area contributed by atoms with Crippen LogP contribution >= 0.6 is 0 Å². The molecule has 1 aromatic heterocycles. The summed E-state index contributed by atoms with van der Waals surface area (Å²) in [5.74, 6) is 0.428. The molecule has 0 aliphatic carbocycles. The second-order valence-electron chi connectivity index (χ2n) is 4.43. The maximum atomic E-state index is 11.5. The van der Waals surface area contributed by atoms with E-state index in [4.69, 9.17) is 0 Å². The van der Waals surface area contributed by atoms with E-state index in [-0.39, 0.29) is 5.56 Å². The summed E-state index contributed by atoms with van der Waals surface area (Å²) in [4.78, 5) is 15.4. The second kappa shape index (κ2) is 3.64. The Morgan fingerprint density at radius 3 is 2.72 bits per heavy atom. The molecule has 2 N–H and O–H groups in total. The Labute approximate surface area is 104 Å². The second-order valence-corrected chi connectivity index (χ2v) is 4.43. The van der Waals surface area contributed by atoms with Gasteiger partial charge in [0.05, 0.1) is 0 Å². The van der Waals surface area contributed by atoms with E-state index in [2.05, 4.69) is 20.9 Å². The van der Waals surface area contributed by atoms with Crippen LogP contribution in [0.4, 0.5) is 5.95 Å². The Morgan fingerprint density at radius 2 is 2.00 bits per heavy atom. The summed E-state index contributed by atoms with van der Waals surface area (Å²) in [6, 6.07) is 9.88. The maximum absolute atomic E-state index is 11.5. The lowest BCUT2D eigenvalue weighted by Crippen LogP contribution is -2.42. The van der Waals surface area contributed by atoms with Crippen molar-refractivity contribution in [3.63, 3.8) is 0 Å². The van der Waals surface area contributed by atoms with E-state index in [1.807, 2.05) is 37.3 Å². The molecule has 0 fully saturated rings. The van der Waals surface area contributed by atoms with Crippen molar-refractivity contribution in [3.8, 4) is 0 Å². The minimum Gasteiger partial charge on any atom is -0.287 e. The van der Waals surface area contributed by atoms with Crippen LogP contribution in [0.1, 0.15) is 18.2 Å². The van der Waals surface area contributed by atoms with Crippen LogP contribution in [-0.4, -0.2) is 14.8 Å². The molecule has 18 heavy (non-hydrogen) atoms. The Kier molecular flexibility index (Phi) is 2.21. The van der Waals surface area contributed by atoms with Crippen molar-refractivity contribution < 1.29 is 0 Å². The third-order valence-electron chi connectivity index (χ3n) is 3.14. The average Bonchev–Trinajstić information content (AvgIpc) is 2.70. The molecule has 0 spiro atoms. The third kappa shape index (κ3) is 1.42. The highest BCUT2D eigenvalue weighted by molar-refractivity contribution is 5.36. The van der Waals surface area contributed by atoms with Gasteiger partial charge in [-0.05, 0) is 19.4 Å². The SMILES string of the molecule is Cc1nn2c(nc1=O)NN[C@]2(C)c1ccccc1. The molecule has 0 saturated carbocycles. The number of rotatable bonds is 1. The first-order chi connectivity index (χ1) is 8.61. The number of fused-ring (bicyclic) bond motifs is 1. The first-order valence-electron chi connectivity index (χ1n) is 5.68. The molecule has 92 valence electrons. The summed E-state index contributed by atoms with van der Waals surface area (Å²) < 4.78 is 1.69. The summed E-state index contributed by atoms with van der Waals surface area (Å²) in [7, 11) is 0. The van der Waals surface area contributed by atoms with Crippen molar-refractivity contribution in [2.24, 2.45) is 0 Å². The number of aromatic nitrogens is 3. The minimum atomic E-state index is -0.554.